The van der Waals surface area contributed by atoms with Crippen LogP contribution in [0.4, 0.5) is 0 Å². The molecule has 5 aliphatic carbocycles. The van der Waals surface area contributed by atoms with Crippen molar-refractivity contribution < 1.29 is 34.7 Å². The molecule has 1 heterocycles. The molecule has 7 heteroatoms. The van der Waals surface area contributed by atoms with Crippen LogP contribution in [0.3, 0.4) is 0 Å². The van der Waals surface area contributed by atoms with Gasteiger partial charge in [0.1, 0.15) is 12.2 Å². The van der Waals surface area contributed by atoms with Gasteiger partial charge in [0.2, 0.25) is 0 Å². The summed E-state index contributed by atoms with van der Waals surface area (Å²) in [5.74, 6) is 1.50. The SMILES string of the molecule is C[C@@H]1C23CC[C@H](OC4C[C@@H](O)[C@@H](O)CO4)C(C)(C)C2CC[C@H]2C4C(=O)[C@@H](O)[C@H](CCCCC(C)(C)O)[C@@]4(C)CC[C@]123. The van der Waals surface area contributed by atoms with E-state index in [1.54, 1.807) is 0 Å². The van der Waals surface area contributed by atoms with Gasteiger partial charge in [-0.05, 0) is 111 Å². The van der Waals surface area contributed by atoms with Gasteiger partial charge in [0.15, 0.2) is 12.1 Å². The van der Waals surface area contributed by atoms with E-state index in [9.17, 15) is 25.2 Å². The molecular formula is C34H56O7. The van der Waals surface area contributed by atoms with E-state index in [0.717, 1.165) is 64.2 Å². The Bertz CT molecular complexity index is 1020. The first-order valence-corrected chi connectivity index (χ1v) is 16.7. The number of carbonyl (C=O) groups is 1. The van der Waals surface area contributed by atoms with Crippen LogP contribution in [-0.4, -0.2) is 69.1 Å². The van der Waals surface area contributed by atoms with E-state index in [-0.39, 0.29) is 52.0 Å². The van der Waals surface area contributed by atoms with Crippen molar-refractivity contribution in [3.8, 4) is 0 Å². The lowest BCUT2D eigenvalue weighted by molar-refractivity contribution is -0.264. The lowest BCUT2D eigenvalue weighted by atomic mass is 9.46. The summed E-state index contributed by atoms with van der Waals surface area (Å²) in [5, 5.41) is 41.5. The molecule has 5 saturated carbocycles. The fraction of sp³-hybridized carbons (Fsp3) is 0.971. The largest absolute Gasteiger partial charge is 0.390 e. The molecule has 6 aliphatic rings. The summed E-state index contributed by atoms with van der Waals surface area (Å²) in [7, 11) is 0. The molecule has 1 aliphatic heterocycles. The highest BCUT2D eigenvalue weighted by Crippen LogP contribution is 2.89. The number of fused-ring (bicyclic) bond motifs is 2. The molecule has 6 fully saturated rings. The molecule has 0 radical (unpaired) electrons. The number of hydrogen-bond donors (Lipinski definition) is 4. The Hall–Kier alpha value is -0.570. The molecular weight excluding hydrogens is 520 g/mol. The number of hydrogen-bond acceptors (Lipinski definition) is 7. The minimum Gasteiger partial charge on any atom is -0.390 e. The minimum absolute atomic E-state index is 0.0202. The molecule has 4 unspecified atom stereocenters. The minimum atomic E-state index is -0.852. The average molecular weight is 577 g/mol. The number of carbonyl (C=O) groups excluding carboxylic acids is 1. The Morgan fingerprint density at radius 1 is 0.976 bits per heavy atom. The Morgan fingerprint density at radius 3 is 2.39 bits per heavy atom. The van der Waals surface area contributed by atoms with Gasteiger partial charge < -0.3 is 29.9 Å². The topological polar surface area (TPSA) is 116 Å². The van der Waals surface area contributed by atoms with Crippen molar-refractivity contribution in [2.24, 2.45) is 51.2 Å². The third-order valence-electron chi connectivity index (χ3n) is 14.1. The van der Waals surface area contributed by atoms with Crippen molar-refractivity contribution in [2.45, 2.75) is 148 Å². The molecule has 41 heavy (non-hydrogen) atoms. The van der Waals surface area contributed by atoms with Crippen LogP contribution < -0.4 is 0 Å². The Morgan fingerprint density at radius 2 is 1.71 bits per heavy atom. The molecule has 0 aromatic heterocycles. The van der Waals surface area contributed by atoms with Crippen molar-refractivity contribution in [3.63, 3.8) is 0 Å². The van der Waals surface area contributed by atoms with E-state index in [0.29, 0.717) is 24.2 Å². The van der Waals surface area contributed by atoms with Crippen molar-refractivity contribution in [3.05, 3.63) is 0 Å². The summed E-state index contributed by atoms with van der Waals surface area (Å²) in [4.78, 5) is 13.9. The van der Waals surface area contributed by atoms with Gasteiger partial charge in [0.25, 0.3) is 0 Å². The second-order valence-corrected chi connectivity index (χ2v) is 16.7. The van der Waals surface area contributed by atoms with Gasteiger partial charge in [0, 0.05) is 12.3 Å². The molecule has 13 atom stereocenters. The highest BCUT2D eigenvalue weighted by molar-refractivity contribution is 5.89. The number of ketones is 1. The monoisotopic (exact) mass is 576 g/mol. The molecule has 0 amide bonds. The maximum absolute atomic E-state index is 13.9. The number of rotatable bonds is 7. The lowest BCUT2D eigenvalue weighted by Gasteiger charge is -2.59. The predicted molar refractivity (Wildman–Crippen MR) is 155 cm³/mol. The number of Topliss-reactive ketones (excluding diaryl/α,β-unsaturated/α-hetero) is 1. The summed E-state index contributed by atoms with van der Waals surface area (Å²) >= 11 is 0. The fourth-order valence-corrected chi connectivity index (χ4v) is 12.2. The quantitative estimate of drug-likeness (QED) is 0.258. The molecule has 0 aromatic carbocycles. The Labute approximate surface area is 246 Å². The van der Waals surface area contributed by atoms with Gasteiger partial charge in [-0.2, -0.15) is 0 Å². The third-order valence-corrected chi connectivity index (χ3v) is 14.1. The van der Waals surface area contributed by atoms with E-state index in [1.165, 1.54) is 0 Å². The molecule has 6 rings (SSSR count). The standard InChI is InChI=1S/C34H56O7/c1-19-33-16-15-32(6)21(9-7-8-13-30(2,3)39)28(37)29(38)27(32)20(33)10-11-24-31(4,5)25(12-14-34(19,24)33)41-26-17-22(35)23(36)18-40-26/h19-28,35-37,39H,7-18H2,1-6H3/t19-,20-,21-,22+,23-,24?,25-,26?,27?,28-,32+,33-,34?/m0/s1. The van der Waals surface area contributed by atoms with Crippen molar-refractivity contribution >= 4 is 5.78 Å². The smallest absolute Gasteiger partial charge is 0.165 e. The maximum atomic E-state index is 13.9. The van der Waals surface area contributed by atoms with E-state index >= 15 is 0 Å². The van der Waals surface area contributed by atoms with Gasteiger partial charge in [-0.1, -0.05) is 40.5 Å². The van der Waals surface area contributed by atoms with Crippen LogP contribution in [-0.2, 0) is 14.3 Å². The lowest BCUT2D eigenvalue weighted by Crippen LogP contribution is -2.56. The van der Waals surface area contributed by atoms with Crippen LogP contribution in [0, 0.1) is 51.2 Å². The first-order valence-electron chi connectivity index (χ1n) is 16.7. The molecule has 0 aromatic rings. The van der Waals surface area contributed by atoms with Crippen LogP contribution in [0.5, 0.6) is 0 Å². The van der Waals surface area contributed by atoms with E-state index in [1.807, 2.05) is 13.8 Å². The highest BCUT2D eigenvalue weighted by atomic mass is 16.7. The van der Waals surface area contributed by atoms with Gasteiger partial charge >= 0.3 is 0 Å². The molecule has 2 spiro atoms. The number of unbranched alkanes of at least 4 members (excludes halogenated alkanes) is 1. The van der Waals surface area contributed by atoms with Crippen LogP contribution in [0.15, 0.2) is 0 Å². The summed E-state index contributed by atoms with van der Waals surface area (Å²) in [6.07, 6.45) is 7.15. The number of aliphatic hydroxyl groups is 4. The summed E-state index contributed by atoms with van der Waals surface area (Å²) in [6.45, 7) is 13.3. The molecule has 1 saturated heterocycles. The summed E-state index contributed by atoms with van der Waals surface area (Å²) < 4.78 is 12.3. The van der Waals surface area contributed by atoms with Crippen LogP contribution in [0.1, 0.15) is 112 Å². The maximum Gasteiger partial charge on any atom is 0.165 e. The predicted octanol–water partition coefficient (Wildman–Crippen LogP) is 4.62. The zero-order valence-corrected chi connectivity index (χ0v) is 26.3. The van der Waals surface area contributed by atoms with E-state index in [4.69, 9.17) is 9.47 Å². The first kappa shape index (κ1) is 30.5. The Balaban J connectivity index is 1.20. The Kier molecular flexibility index (Phi) is 7.41. The van der Waals surface area contributed by atoms with Gasteiger partial charge in [0.05, 0.1) is 24.4 Å². The zero-order chi connectivity index (χ0) is 29.8. The van der Waals surface area contributed by atoms with Crippen molar-refractivity contribution in [1.29, 1.82) is 0 Å². The van der Waals surface area contributed by atoms with E-state index < -0.39 is 30.2 Å². The number of ether oxygens (including phenoxy) is 2. The average Bonchev–Trinajstić information content (AvgIpc) is 3.35. The summed E-state index contributed by atoms with van der Waals surface area (Å²) in [5.41, 5.74) is -0.478. The van der Waals surface area contributed by atoms with Crippen molar-refractivity contribution in [2.75, 3.05) is 6.61 Å². The molecule has 234 valence electrons. The molecule has 7 nitrogen and oxygen atoms in total. The van der Waals surface area contributed by atoms with Crippen molar-refractivity contribution in [1.82, 2.24) is 0 Å². The third kappa shape index (κ3) is 4.29. The molecule has 0 bridgehead atoms. The second-order valence-electron chi connectivity index (χ2n) is 16.7. The zero-order valence-electron chi connectivity index (χ0n) is 26.3. The normalized spacial score (nSPS) is 52.3. The van der Waals surface area contributed by atoms with Gasteiger partial charge in [-0.3, -0.25) is 4.79 Å². The van der Waals surface area contributed by atoms with Gasteiger partial charge in [-0.25, -0.2) is 0 Å². The summed E-state index contributed by atoms with van der Waals surface area (Å²) in [6, 6.07) is 0. The van der Waals surface area contributed by atoms with E-state index in [2.05, 4.69) is 27.7 Å². The van der Waals surface area contributed by atoms with Crippen LogP contribution in [0.2, 0.25) is 0 Å². The number of aliphatic hydroxyl groups excluding tert-OH is 3. The van der Waals surface area contributed by atoms with Crippen LogP contribution in [0.25, 0.3) is 0 Å². The second kappa shape index (κ2) is 9.97. The van der Waals surface area contributed by atoms with Gasteiger partial charge in [-0.15, -0.1) is 0 Å². The fourth-order valence-electron chi connectivity index (χ4n) is 12.2. The first-order chi connectivity index (χ1) is 19.1. The van der Waals surface area contributed by atoms with Crippen LogP contribution >= 0.6 is 0 Å². The highest BCUT2D eigenvalue weighted by Gasteiger charge is 2.85. The molecule has 4 N–H and O–H groups in total.